The number of hydrogen-bond donors (Lipinski definition) is 2. The third-order valence-corrected chi connectivity index (χ3v) is 2.62. The minimum atomic E-state index is -1.06. The van der Waals surface area contributed by atoms with Gasteiger partial charge in [-0.15, -0.1) is 0 Å². The fourth-order valence-electron chi connectivity index (χ4n) is 1.80. The molecule has 1 fully saturated rings. The van der Waals surface area contributed by atoms with Crippen LogP contribution in [0.3, 0.4) is 0 Å². The zero-order valence-corrected chi connectivity index (χ0v) is 9.12. The van der Waals surface area contributed by atoms with Crippen molar-refractivity contribution in [1.29, 1.82) is 0 Å². The molecule has 0 saturated carbocycles. The van der Waals surface area contributed by atoms with Crippen molar-refractivity contribution in [3.8, 4) is 0 Å². The van der Waals surface area contributed by atoms with E-state index in [0.717, 1.165) is 0 Å². The molecule has 0 spiro atoms. The summed E-state index contributed by atoms with van der Waals surface area (Å²) in [4.78, 5) is 0. The first-order valence-electron chi connectivity index (χ1n) is 4.72. The highest BCUT2D eigenvalue weighted by Gasteiger charge is 2.48. The highest BCUT2D eigenvalue weighted by molar-refractivity contribution is 4.92. The summed E-state index contributed by atoms with van der Waals surface area (Å²) in [6, 6.07) is 0. The average molecular weight is 222 g/mol. The molecule has 0 bridgehead atoms. The van der Waals surface area contributed by atoms with E-state index >= 15 is 0 Å². The molecule has 0 aromatic rings. The van der Waals surface area contributed by atoms with Gasteiger partial charge in [0, 0.05) is 21.3 Å². The van der Waals surface area contributed by atoms with Gasteiger partial charge in [-0.3, -0.25) is 0 Å². The standard InChI is InChI=1S/C9H18O6/c1-12-5(4-10)6-7(13-2)8(14-3)9(11)15-6/h5-11H,4H2,1-3H3/t5-,6+,7+,8-,9+/m1/s1. The molecule has 90 valence electrons. The van der Waals surface area contributed by atoms with Gasteiger partial charge in [-0.1, -0.05) is 0 Å². The number of aliphatic hydroxyl groups excluding tert-OH is 2. The van der Waals surface area contributed by atoms with Crippen LogP contribution in [0.1, 0.15) is 0 Å². The first-order chi connectivity index (χ1) is 7.19. The third kappa shape index (κ3) is 2.47. The van der Waals surface area contributed by atoms with Gasteiger partial charge in [0.2, 0.25) is 0 Å². The minimum absolute atomic E-state index is 0.204. The summed E-state index contributed by atoms with van der Waals surface area (Å²) in [5.41, 5.74) is 0. The molecule has 5 atom stereocenters. The molecule has 0 aromatic heterocycles. The maximum atomic E-state index is 9.54. The van der Waals surface area contributed by atoms with Crippen LogP contribution in [0.4, 0.5) is 0 Å². The molecule has 6 heteroatoms. The Kier molecular flexibility index (Phi) is 4.91. The summed E-state index contributed by atoms with van der Waals surface area (Å²) in [6.07, 6.45) is -3.16. The van der Waals surface area contributed by atoms with Crippen molar-refractivity contribution in [2.75, 3.05) is 27.9 Å². The highest BCUT2D eigenvalue weighted by Crippen LogP contribution is 2.27. The van der Waals surface area contributed by atoms with E-state index in [1.807, 2.05) is 0 Å². The molecule has 0 aliphatic carbocycles. The molecular weight excluding hydrogens is 204 g/mol. The Bertz CT molecular complexity index is 183. The molecule has 2 N–H and O–H groups in total. The number of rotatable bonds is 5. The van der Waals surface area contributed by atoms with Crippen LogP contribution in [-0.2, 0) is 18.9 Å². The van der Waals surface area contributed by atoms with Crippen LogP contribution in [0.25, 0.3) is 0 Å². The molecule has 1 aliphatic heterocycles. The highest BCUT2D eigenvalue weighted by atomic mass is 16.7. The van der Waals surface area contributed by atoms with Crippen molar-refractivity contribution in [1.82, 2.24) is 0 Å². The lowest BCUT2D eigenvalue weighted by atomic mass is 10.1. The van der Waals surface area contributed by atoms with Crippen molar-refractivity contribution in [2.24, 2.45) is 0 Å². The molecule has 6 nitrogen and oxygen atoms in total. The summed E-state index contributed by atoms with van der Waals surface area (Å²) < 4.78 is 20.5. The van der Waals surface area contributed by atoms with Crippen LogP contribution >= 0.6 is 0 Å². The van der Waals surface area contributed by atoms with E-state index in [2.05, 4.69) is 0 Å². The largest absolute Gasteiger partial charge is 0.394 e. The van der Waals surface area contributed by atoms with Crippen molar-refractivity contribution in [3.63, 3.8) is 0 Å². The van der Waals surface area contributed by atoms with Crippen LogP contribution in [0.5, 0.6) is 0 Å². The number of aliphatic hydroxyl groups is 2. The van der Waals surface area contributed by atoms with Crippen LogP contribution in [0.15, 0.2) is 0 Å². The average Bonchev–Trinajstić information content (AvgIpc) is 2.56. The van der Waals surface area contributed by atoms with Crippen LogP contribution in [-0.4, -0.2) is 68.9 Å². The fourth-order valence-corrected chi connectivity index (χ4v) is 1.80. The van der Waals surface area contributed by atoms with E-state index in [0.29, 0.717) is 0 Å². The van der Waals surface area contributed by atoms with Crippen molar-refractivity contribution in [2.45, 2.75) is 30.7 Å². The molecule has 0 amide bonds. The summed E-state index contributed by atoms with van der Waals surface area (Å²) >= 11 is 0. The van der Waals surface area contributed by atoms with Gasteiger partial charge >= 0.3 is 0 Å². The van der Waals surface area contributed by atoms with E-state index in [1.165, 1.54) is 21.3 Å². The van der Waals surface area contributed by atoms with Gasteiger partial charge in [0.25, 0.3) is 0 Å². The smallest absolute Gasteiger partial charge is 0.184 e. The van der Waals surface area contributed by atoms with Gasteiger partial charge in [-0.25, -0.2) is 0 Å². The van der Waals surface area contributed by atoms with Crippen LogP contribution in [0.2, 0.25) is 0 Å². The lowest BCUT2D eigenvalue weighted by molar-refractivity contribution is -0.159. The van der Waals surface area contributed by atoms with E-state index in [4.69, 9.17) is 24.1 Å². The van der Waals surface area contributed by atoms with E-state index in [1.54, 1.807) is 0 Å². The maximum absolute atomic E-state index is 9.54. The third-order valence-electron chi connectivity index (χ3n) is 2.62. The topological polar surface area (TPSA) is 77.4 Å². The molecule has 15 heavy (non-hydrogen) atoms. The van der Waals surface area contributed by atoms with Crippen LogP contribution in [0, 0.1) is 0 Å². The zero-order valence-electron chi connectivity index (χ0n) is 9.12. The molecule has 1 saturated heterocycles. The molecule has 1 heterocycles. The molecular formula is C9H18O6. The van der Waals surface area contributed by atoms with Crippen molar-refractivity contribution >= 4 is 0 Å². The second-order valence-corrected chi connectivity index (χ2v) is 3.35. The van der Waals surface area contributed by atoms with Crippen LogP contribution < -0.4 is 0 Å². The Morgan fingerprint density at radius 3 is 2.20 bits per heavy atom. The molecule has 1 aliphatic rings. The number of methoxy groups -OCH3 is 3. The summed E-state index contributed by atoms with van der Waals surface area (Å²) in [5, 5.41) is 18.6. The predicted molar refractivity (Wildman–Crippen MR) is 50.4 cm³/mol. The molecule has 0 aromatic carbocycles. The molecule has 0 unspecified atom stereocenters. The van der Waals surface area contributed by atoms with Gasteiger partial charge in [0.15, 0.2) is 6.29 Å². The quantitative estimate of drug-likeness (QED) is 0.604. The van der Waals surface area contributed by atoms with Crippen molar-refractivity contribution < 1.29 is 29.2 Å². The fraction of sp³-hybridized carbons (Fsp3) is 1.00. The first-order valence-corrected chi connectivity index (χ1v) is 4.72. The first kappa shape index (κ1) is 12.8. The van der Waals surface area contributed by atoms with Gasteiger partial charge < -0.3 is 29.2 Å². The number of ether oxygens (including phenoxy) is 4. The summed E-state index contributed by atoms with van der Waals surface area (Å²) in [5.74, 6) is 0. The zero-order chi connectivity index (χ0) is 11.4. The number of hydrogen-bond acceptors (Lipinski definition) is 6. The Labute approximate surface area is 88.7 Å². The van der Waals surface area contributed by atoms with E-state index in [9.17, 15) is 5.11 Å². The maximum Gasteiger partial charge on any atom is 0.184 e. The minimum Gasteiger partial charge on any atom is -0.394 e. The second kappa shape index (κ2) is 5.74. The van der Waals surface area contributed by atoms with Gasteiger partial charge in [-0.2, -0.15) is 0 Å². The van der Waals surface area contributed by atoms with Gasteiger partial charge in [-0.05, 0) is 0 Å². The normalized spacial score (nSPS) is 38.2. The Morgan fingerprint density at radius 1 is 1.20 bits per heavy atom. The summed E-state index contributed by atoms with van der Waals surface area (Å²) in [7, 11) is 4.42. The Hall–Kier alpha value is -0.240. The molecule has 1 rings (SSSR count). The molecule has 0 radical (unpaired) electrons. The van der Waals surface area contributed by atoms with E-state index in [-0.39, 0.29) is 6.61 Å². The van der Waals surface area contributed by atoms with Gasteiger partial charge in [0.1, 0.15) is 24.4 Å². The second-order valence-electron chi connectivity index (χ2n) is 3.35. The Morgan fingerprint density at radius 2 is 1.80 bits per heavy atom. The van der Waals surface area contributed by atoms with E-state index < -0.39 is 30.7 Å². The summed E-state index contributed by atoms with van der Waals surface area (Å²) in [6.45, 7) is -0.204. The predicted octanol–water partition coefficient (Wildman–Crippen LogP) is -1.26. The SMILES string of the molecule is CO[C@@H]1[C@@H](OC)[C@@H](O)O[C@H]1[C@@H](CO)OC. The monoisotopic (exact) mass is 222 g/mol. The van der Waals surface area contributed by atoms with Crippen molar-refractivity contribution in [3.05, 3.63) is 0 Å². The lowest BCUT2D eigenvalue weighted by Crippen LogP contribution is -2.43. The Balaban J connectivity index is 2.72. The van der Waals surface area contributed by atoms with Gasteiger partial charge in [0.05, 0.1) is 6.61 Å². The lowest BCUT2D eigenvalue weighted by Gasteiger charge is -2.25.